The standard InChI is InChI=1S/C13H8ClFN2O/c14-11-2-1-10(5-16)13(4-11)18-8-9-3-12(15)7-17-6-9/h1-4,6-7H,8H2. The molecule has 0 atom stereocenters. The van der Waals surface area contributed by atoms with E-state index in [9.17, 15) is 4.39 Å². The molecule has 3 nitrogen and oxygen atoms in total. The van der Waals surface area contributed by atoms with Crippen LogP contribution in [-0.2, 0) is 6.61 Å². The first-order valence-electron chi connectivity index (χ1n) is 5.11. The Balaban J connectivity index is 2.15. The number of benzene rings is 1. The molecule has 0 N–H and O–H groups in total. The van der Waals surface area contributed by atoms with Gasteiger partial charge in [-0.2, -0.15) is 5.26 Å². The van der Waals surface area contributed by atoms with Gasteiger partial charge in [0, 0.05) is 22.8 Å². The number of hydrogen-bond acceptors (Lipinski definition) is 3. The lowest BCUT2D eigenvalue weighted by atomic mass is 10.2. The molecule has 0 aliphatic rings. The van der Waals surface area contributed by atoms with Crippen molar-refractivity contribution in [2.75, 3.05) is 0 Å². The Bertz CT molecular complexity index is 610. The maximum absolute atomic E-state index is 12.9. The van der Waals surface area contributed by atoms with Gasteiger partial charge >= 0.3 is 0 Å². The molecule has 0 aliphatic heterocycles. The van der Waals surface area contributed by atoms with E-state index in [-0.39, 0.29) is 6.61 Å². The van der Waals surface area contributed by atoms with Gasteiger partial charge in [0.15, 0.2) is 0 Å². The third-order valence-electron chi connectivity index (χ3n) is 2.22. The van der Waals surface area contributed by atoms with Crippen molar-refractivity contribution in [2.24, 2.45) is 0 Å². The number of hydrogen-bond donors (Lipinski definition) is 0. The summed E-state index contributed by atoms with van der Waals surface area (Å²) in [5.74, 6) is -0.0584. The smallest absolute Gasteiger partial charge is 0.141 e. The summed E-state index contributed by atoms with van der Waals surface area (Å²) in [6.45, 7) is 0.125. The highest BCUT2D eigenvalue weighted by Crippen LogP contribution is 2.23. The molecule has 1 aromatic carbocycles. The Hall–Kier alpha value is -2.12. The van der Waals surface area contributed by atoms with E-state index in [1.54, 1.807) is 18.2 Å². The summed E-state index contributed by atoms with van der Waals surface area (Å²) in [5, 5.41) is 9.38. The van der Waals surface area contributed by atoms with Crippen molar-refractivity contribution in [2.45, 2.75) is 6.61 Å². The Kier molecular flexibility index (Phi) is 3.75. The number of aromatic nitrogens is 1. The van der Waals surface area contributed by atoms with E-state index < -0.39 is 5.82 Å². The second-order valence-corrected chi connectivity index (χ2v) is 3.99. The lowest BCUT2D eigenvalue weighted by molar-refractivity contribution is 0.304. The van der Waals surface area contributed by atoms with E-state index in [1.165, 1.54) is 12.3 Å². The molecule has 90 valence electrons. The van der Waals surface area contributed by atoms with Crippen molar-refractivity contribution in [3.8, 4) is 11.8 Å². The molecule has 2 aromatic rings. The van der Waals surface area contributed by atoms with Crippen LogP contribution in [0.4, 0.5) is 4.39 Å². The van der Waals surface area contributed by atoms with Gasteiger partial charge in [0.1, 0.15) is 24.2 Å². The highest BCUT2D eigenvalue weighted by atomic mass is 35.5. The zero-order chi connectivity index (χ0) is 13.0. The number of pyridine rings is 1. The minimum atomic E-state index is -0.428. The molecule has 0 amide bonds. The summed E-state index contributed by atoms with van der Waals surface area (Å²) in [6.07, 6.45) is 2.61. The molecule has 5 heteroatoms. The highest BCUT2D eigenvalue weighted by Gasteiger charge is 2.05. The minimum Gasteiger partial charge on any atom is -0.487 e. The number of nitrogens with zero attached hydrogens (tertiary/aromatic N) is 2. The highest BCUT2D eigenvalue weighted by molar-refractivity contribution is 6.30. The van der Waals surface area contributed by atoms with Crippen LogP contribution in [0.25, 0.3) is 0 Å². The number of ether oxygens (including phenoxy) is 1. The van der Waals surface area contributed by atoms with Crippen molar-refractivity contribution >= 4 is 11.6 Å². The third kappa shape index (κ3) is 2.96. The van der Waals surface area contributed by atoms with Crippen molar-refractivity contribution in [1.82, 2.24) is 4.98 Å². The zero-order valence-corrected chi connectivity index (χ0v) is 9.99. The quantitative estimate of drug-likeness (QED) is 0.852. The summed E-state index contributed by atoms with van der Waals surface area (Å²) < 4.78 is 18.3. The topological polar surface area (TPSA) is 45.9 Å². The van der Waals surface area contributed by atoms with Crippen molar-refractivity contribution < 1.29 is 9.13 Å². The van der Waals surface area contributed by atoms with Crippen LogP contribution >= 0.6 is 11.6 Å². The van der Waals surface area contributed by atoms with Crippen LogP contribution in [0.15, 0.2) is 36.7 Å². The van der Waals surface area contributed by atoms with Gasteiger partial charge in [-0.3, -0.25) is 4.98 Å². The van der Waals surface area contributed by atoms with E-state index in [0.717, 1.165) is 6.20 Å². The molecular formula is C13H8ClFN2O. The molecule has 0 saturated heterocycles. The van der Waals surface area contributed by atoms with Crippen molar-refractivity contribution in [3.63, 3.8) is 0 Å². The second-order valence-electron chi connectivity index (χ2n) is 3.55. The molecule has 0 spiro atoms. The first-order chi connectivity index (χ1) is 8.69. The van der Waals surface area contributed by atoms with Crippen molar-refractivity contribution in [3.05, 3.63) is 58.6 Å². The summed E-state index contributed by atoms with van der Waals surface area (Å²) >= 11 is 5.82. The van der Waals surface area contributed by atoms with Gasteiger partial charge < -0.3 is 4.74 Å². The minimum absolute atomic E-state index is 0.125. The van der Waals surface area contributed by atoms with E-state index in [0.29, 0.717) is 21.9 Å². The maximum Gasteiger partial charge on any atom is 0.141 e. The van der Waals surface area contributed by atoms with Gasteiger partial charge in [0.2, 0.25) is 0 Å². The zero-order valence-electron chi connectivity index (χ0n) is 9.23. The fourth-order valence-corrected chi connectivity index (χ4v) is 1.57. The molecule has 0 radical (unpaired) electrons. The van der Waals surface area contributed by atoms with E-state index in [4.69, 9.17) is 21.6 Å². The average Bonchev–Trinajstić information content (AvgIpc) is 2.37. The Morgan fingerprint density at radius 2 is 2.17 bits per heavy atom. The molecule has 0 unspecified atom stereocenters. The molecule has 0 saturated carbocycles. The summed E-state index contributed by atoms with van der Waals surface area (Å²) in [6, 6.07) is 8.05. The lowest BCUT2D eigenvalue weighted by Gasteiger charge is -2.08. The fraction of sp³-hybridized carbons (Fsp3) is 0.0769. The van der Waals surface area contributed by atoms with Crippen molar-refractivity contribution in [1.29, 1.82) is 5.26 Å². The normalized spacial score (nSPS) is 9.83. The Morgan fingerprint density at radius 3 is 2.89 bits per heavy atom. The summed E-state index contributed by atoms with van der Waals surface area (Å²) in [7, 11) is 0. The maximum atomic E-state index is 12.9. The molecule has 18 heavy (non-hydrogen) atoms. The first-order valence-corrected chi connectivity index (χ1v) is 5.49. The first kappa shape index (κ1) is 12.3. The molecule has 0 bridgehead atoms. The largest absolute Gasteiger partial charge is 0.487 e. The molecule has 0 aliphatic carbocycles. The van der Waals surface area contributed by atoms with Crippen LogP contribution in [0.5, 0.6) is 5.75 Å². The molecule has 0 fully saturated rings. The fourth-order valence-electron chi connectivity index (χ4n) is 1.40. The Labute approximate surface area is 108 Å². The SMILES string of the molecule is N#Cc1ccc(Cl)cc1OCc1cncc(F)c1. The summed E-state index contributed by atoms with van der Waals surface area (Å²) in [5.41, 5.74) is 0.961. The number of rotatable bonds is 3. The number of halogens is 2. The van der Waals surface area contributed by atoms with Gasteiger partial charge in [-0.15, -0.1) is 0 Å². The van der Waals surface area contributed by atoms with Gasteiger partial charge in [0.05, 0.1) is 11.8 Å². The molecular weight excluding hydrogens is 255 g/mol. The van der Waals surface area contributed by atoms with Crippen LogP contribution in [0.2, 0.25) is 5.02 Å². The van der Waals surface area contributed by atoms with Crippen LogP contribution in [0.1, 0.15) is 11.1 Å². The van der Waals surface area contributed by atoms with Crippen LogP contribution in [0, 0.1) is 17.1 Å². The number of nitriles is 1. The third-order valence-corrected chi connectivity index (χ3v) is 2.46. The summed E-state index contributed by atoms with van der Waals surface area (Å²) in [4.78, 5) is 3.71. The molecule has 1 aromatic heterocycles. The van der Waals surface area contributed by atoms with E-state index in [1.807, 2.05) is 6.07 Å². The molecule has 2 rings (SSSR count). The van der Waals surface area contributed by atoms with Crippen LogP contribution in [-0.4, -0.2) is 4.98 Å². The predicted octanol–water partition coefficient (Wildman–Crippen LogP) is 3.32. The monoisotopic (exact) mass is 262 g/mol. The lowest BCUT2D eigenvalue weighted by Crippen LogP contribution is -1.98. The van der Waals surface area contributed by atoms with E-state index in [2.05, 4.69) is 4.98 Å². The predicted molar refractivity (Wildman–Crippen MR) is 64.7 cm³/mol. The van der Waals surface area contributed by atoms with Gasteiger partial charge in [0.25, 0.3) is 0 Å². The second kappa shape index (κ2) is 5.48. The van der Waals surface area contributed by atoms with Gasteiger partial charge in [-0.25, -0.2) is 4.39 Å². The van der Waals surface area contributed by atoms with Gasteiger partial charge in [-0.05, 0) is 18.2 Å². The van der Waals surface area contributed by atoms with Gasteiger partial charge in [-0.1, -0.05) is 11.6 Å². The molecule has 1 heterocycles. The van der Waals surface area contributed by atoms with Crippen LogP contribution < -0.4 is 4.74 Å². The average molecular weight is 263 g/mol. The Morgan fingerprint density at radius 1 is 1.33 bits per heavy atom. The van der Waals surface area contributed by atoms with E-state index >= 15 is 0 Å². The van der Waals surface area contributed by atoms with Crippen LogP contribution in [0.3, 0.4) is 0 Å².